The minimum absolute atomic E-state index is 0.103. The van der Waals surface area contributed by atoms with Gasteiger partial charge in [0.1, 0.15) is 12.1 Å². The molecule has 0 aliphatic rings. The Labute approximate surface area is 186 Å². The van der Waals surface area contributed by atoms with Crippen molar-refractivity contribution in [1.82, 2.24) is 16.0 Å². The number of hydrogen-bond donors (Lipinski definition) is 7. The third kappa shape index (κ3) is 9.85. The van der Waals surface area contributed by atoms with E-state index < -0.39 is 60.1 Å². The molecule has 0 heterocycles. The Morgan fingerprint density at radius 1 is 0.903 bits per heavy atom. The summed E-state index contributed by atoms with van der Waals surface area (Å²) in [6.45, 7) is 6.13. The standard InChI is InChI=1S/C19H36N4O7S/c1-6-9(2)13(20)17(27)21-12(7-8-31-5)16(26)22-14(10(3)24)18(28)23-15(11(4)25)19(29)30/h9-15,24-25H,6-8,20H2,1-5H3,(H,21,27)(H,22,26)(H,23,28)(H,29,30). The van der Waals surface area contributed by atoms with E-state index in [2.05, 4.69) is 16.0 Å². The first kappa shape index (κ1) is 29.1. The zero-order valence-electron chi connectivity index (χ0n) is 18.6. The highest BCUT2D eigenvalue weighted by Gasteiger charge is 2.34. The molecule has 0 rings (SSSR count). The van der Waals surface area contributed by atoms with Crippen LogP contribution in [0, 0.1) is 5.92 Å². The molecule has 0 saturated heterocycles. The van der Waals surface area contributed by atoms with Gasteiger partial charge in [-0.3, -0.25) is 14.4 Å². The van der Waals surface area contributed by atoms with Gasteiger partial charge in [-0.05, 0) is 38.2 Å². The first-order chi connectivity index (χ1) is 14.4. The van der Waals surface area contributed by atoms with Gasteiger partial charge < -0.3 is 37.0 Å². The lowest BCUT2D eigenvalue weighted by molar-refractivity contribution is -0.146. The van der Waals surface area contributed by atoms with Crippen LogP contribution in [0.15, 0.2) is 0 Å². The highest BCUT2D eigenvalue weighted by atomic mass is 32.2. The van der Waals surface area contributed by atoms with E-state index in [-0.39, 0.29) is 12.3 Å². The van der Waals surface area contributed by atoms with Gasteiger partial charge in [0.25, 0.3) is 0 Å². The lowest BCUT2D eigenvalue weighted by Crippen LogP contribution is -2.61. The number of thioether (sulfide) groups is 1. The van der Waals surface area contributed by atoms with Gasteiger partial charge >= 0.3 is 5.97 Å². The third-order valence-corrected chi connectivity index (χ3v) is 5.56. The van der Waals surface area contributed by atoms with Crippen LogP contribution in [0.5, 0.6) is 0 Å². The van der Waals surface area contributed by atoms with Crippen LogP contribution in [0.25, 0.3) is 0 Å². The second kappa shape index (κ2) is 14.2. The number of carbonyl (C=O) groups is 4. The second-order valence-corrected chi connectivity index (χ2v) is 8.53. The molecule has 7 unspecified atom stereocenters. The average molecular weight is 465 g/mol. The number of nitrogens with two attached hydrogens (primary N) is 1. The van der Waals surface area contributed by atoms with Crippen molar-refractivity contribution in [2.45, 2.75) is 76.9 Å². The number of amides is 3. The van der Waals surface area contributed by atoms with Gasteiger partial charge in [-0.25, -0.2) is 4.79 Å². The maximum Gasteiger partial charge on any atom is 0.328 e. The van der Waals surface area contributed by atoms with Crippen molar-refractivity contribution in [3.8, 4) is 0 Å². The Morgan fingerprint density at radius 2 is 1.42 bits per heavy atom. The van der Waals surface area contributed by atoms with Gasteiger partial charge in [-0.15, -0.1) is 0 Å². The van der Waals surface area contributed by atoms with Gasteiger partial charge in [0.15, 0.2) is 6.04 Å². The summed E-state index contributed by atoms with van der Waals surface area (Å²) in [5.41, 5.74) is 5.93. The van der Waals surface area contributed by atoms with Crippen LogP contribution in [0.4, 0.5) is 0 Å². The Hall–Kier alpha value is -1.89. The summed E-state index contributed by atoms with van der Waals surface area (Å²) in [5, 5.41) is 35.6. The Bertz CT molecular complexity index is 618. The van der Waals surface area contributed by atoms with Gasteiger partial charge in [-0.2, -0.15) is 11.8 Å². The Morgan fingerprint density at radius 3 is 1.84 bits per heavy atom. The molecule has 0 bridgehead atoms. The highest BCUT2D eigenvalue weighted by molar-refractivity contribution is 7.98. The number of hydrogen-bond acceptors (Lipinski definition) is 8. The molecule has 0 fully saturated rings. The van der Waals surface area contributed by atoms with Gasteiger partial charge in [0.2, 0.25) is 17.7 Å². The minimum atomic E-state index is -1.62. The third-order valence-electron chi connectivity index (χ3n) is 4.91. The smallest absolute Gasteiger partial charge is 0.328 e. The number of carboxylic acids is 1. The molecule has 0 spiro atoms. The molecule has 0 aliphatic heterocycles. The Balaban J connectivity index is 5.41. The molecule has 7 atom stereocenters. The van der Waals surface area contributed by atoms with E-state index in [1.54, 1.807) is 0 Å². The molecule has 0 aliphatic carbocycles. The van der Waals surface area contributed by atoms with E-state index in [1.165, 1.54) is 25.6 Å². The molecule has 180 valence electrons. The van der Waals surface area contributed by atoms with Crippen molar-refractivity contribution >= 4 is 35.5 Å². The van der Waals surface area contributed by atoms with Crippen LogP contribution in [-0.2, 0) is 19.2 Å². The summed E-state index contributed by atoms with van der Waals surface area (Å²) in [6.07, 6.45) is -0.00949. The van der Waals surface area contributed by atoms with Crippen LogP contribution < -0.4 is 21.7 Å². The summed E-state index contributed by atoms with van der Waals surface area (Å²) in [6, 6.07) is -4.93. The number of rotatable bonds is 14. The molecule has 12 heteroatoms. The fourth-order valence-corrected chi connectivity index (χ4v) is 3.05. The predicted octanol–water partition coefficient (Wildman–Crippen LogP) is -1.59. The maximum atomic E-state index is 12.8. The fraction of sp³-hybridized carbons (Fsp3) is 0.789. The largest absolute Gasteiger partial charge is 0.480 e. The topological polar surface area (TPSA) is 191 Å². The first-order valence-electron chi connectivity index (χ1n) is 10.1. The molecule has 31 heavy (non-hydrogen) atoms. The molecule has 0 radical (unpaired) electrons. The minimum Gasteiger partial charge on any atom is -0.480 e. The van der Waals surface area contributed by atoms with Crippen LogP contribution in [0.1, 0.15) is 40.5 Å². The van der Waals surface area contributed by atoms with Crippen LogP contribution in [-0.4, -0.2) is 87.4 Å². The molecule has 0 saturated carbocycles. The summed E-state index contributed by atoms with van der Waals surface area (Å²) in [4.78, 5) is 48.9. The highest BCUT2D eigenvalue weighted by Crippen LogP contribution is 2.08. The molecule has 0 aromatic carbocycles. The molecular formula is C19H36N4O7S. The van der Waals surface area contributed by atoms with Crippen molar-refractivity contribution in [2.75, 3.05) is 12.0 Å². The second-order valence-electron chi connectivity index (χ2n) is 7.55. The number of carboxylic acid groups (broad SMARTS) is 1. The fourth-order valence-electron chi connectivity index (χ4n) is 2.58. The monoisotopic (exact) mass is 464 g/mol. The van der Waals surface area contributed by atoms with E-state index >= 15 is 0 Å². The zero-order valence-corrected chi connectivity index (χ0v) is 19.4. The van der Waals surface area contributed by atoms with E-state index in [4.69, 9.17) is 10.8 Å². The van der Waals surface area contributed by atoms with Gasteiger partial charge in [-0.1, -0.05) is 20.3 Å². The van der Waals surface area contributed by atoms with E-state index in [0.29, 0.717) is 12.2 Å². The number of carbonyl (C=O) groups excluding carboxylic acids is 3. The lowest BCUT2D eigenvalue weighted by Gasteiger charge is -2.27. The zero-order chi connectivity index (χ0) is 24.3. The Kier molecular flexibility index (Phi) is 13.4. The van der Waals surface area contributed by atoms with Gasteiger partial charge in [0, 0.05) is 0 Å². The average Bonchev–Trinajstić information content (AvgIpc) is 2.70. The number of aliphatic carboxylic acids is 1. The van der Waals surface area contributed by atoms with Crippen LogP contribution in [0.2, 0.25) is 0 Å². The predicted molar refractivity (Wildman–Crippen MR) is 117 cm³/mol. The van der Waals surface area contributed by atoms with Crippen molar-refractivity contribution < 1.29 is 34.5 Å². The van der Waals surface area contributed by atoms with E-state index in [9.17, 15) is 29.4 Å². The quantitative estimate of drug-likeness (QED) is 0.159. The first-order valence-corrected chi connectivity index (χ1v) is 11.5. The van der Waals surface area contributed by atoms with Crippen molar-refractivity contribution in [1.29, 1.82) is 0 Å². The van der Waals surface area contributed by atoms with E-state index in [1.807, 2.05) is 20.1 Å². The molecule has 0 aromatic rings. The van der Waals surface area contributed by atoms with Gasteiger partial charge in [0.05, 0.1) is 18.2 Å². The van der Waals surface area contributed by atoms with Crippen molar-refractivity contribution in [3.05, 3.63) is 0 Å². The summed E-state index contributed by atoms with van der Waals surface area (Å²) in [7, 11) is 0. The molecule has 11 nitrogen and oxygen atoms in total. The molecular weight excluding hydrogens is 428 g/mol. The number of aliphatic hydroxyl groups excluding tert-OH is 2. The van der Waals surface area contributed by atoms with E-state index in [0.717, 1.165) is 0 Å². The molecule has 3 amide bonds. The SMILES string of the molecule is CCC(C)C(N)C(=O)NC(CCSC)C(=O)NC(C(=O)NC(C(=O)O)C(C)O)C(C)O. The van der Waals surface area contributed by atoms with Crippen molar-refractivity contribution in [2.24, 2.45) is 11.7 Å². The maximum absolute atomic E-state index is 12.8. The molecule has 8 N–H and O–H groups in total. The van der Waals surface area contributed by atoms with Crippen LogP contribution in [0.3, 0.4) is 0 Å². The number of aliphatic hydroxyl groups is 2. The lowest BCUT2D eigenvalue weighted by atomic mass is 9.99. The summed E-state index contributed by atoms with van der Waals surface area (Å²) < 4.78 is 0. The molecule has 0 aromatic heterocycles. The summed E-state index contributed by atoms with van der Waals surface area (Å²) >= 11 is 1.46. The number of nitrogens with one attached hydrogen (secondary N) is 3. The van der Waals surface area contributed by atoms with Crippen LogP contribution >= 0.6 is 11.8 Å². The normalized spacial score (nSPS) is 17.9. The van der Waals surface area contributed by atoms with Crippen molar-refractivity contribution in [3.63, 3.8) is 0 Å². The summed E-state index contributed by atoms with van der Waals surface area (Å²) in [5.74, 6) is -3.25.